The zero-order valence-corrected chi connectivity index (χ0v) is 13.5. The SMILES string of the molecule is CC(=O)N1CCCN(C(c2cccc(Cl)c2)C(C)N)CC1. The Bertz CT molecular complexity index is 492. The molecule has 1 aliphatic heterocycles. The Morgan fingerprint density at radius 2 is 2.05 bits per heavy atom. The lowest BCUT2D eigenvalue weighted by Gasteiger charge is -2.33. The fourth-order valence-electron chi connectivity index (χ4n) is 3.07. The van der Waals surface area contributed by atoms with E-state index >= 15 is 0 Å². The minimum absolute atomic E-state index is 0.00680. The van der Waals surface area contributed by atoms with E-state index in [1.54, 1.807) is 6.92 Å². The molecule has 1 fully saturated rings. The maximum atomic E-state index is 11.5. The highest BCUT2D eigenvalue weighted by Gasteiger charge is 2.26. The first-order valence-electron chi connectivity index (χ1n) is 7.49. The van der Waals surface area contributed by atoms with Crippen molar-refractivity contribution < 1.29 is 4.79 Å². The molecule has 2 rings (SSSR count). The maximum absolute atomic E-state index is 11.5. The number of rotatable bonds is 3. The van der Waals surface area contributed by atoms with Gasteiger partial charge in [-0.15, -0.1) is 0 Å². The Labute approximate surface area is 131 Å². The molecular weight excluding hydrogens is 286 g/mol. The van der Waals surface area contributed by atoms with E-state index in [0.29, 0.717) is 0 Å². The van der Waals surface area contributed by atoms with Gasteiger partial charge in [0.2, 0.25) is 5.91 Å². The smallest absolute Gasteiger partial charge is 0.219 e. The summed E-state index contributed by atoms with van der Waals surface area (Å²) in [4.78, 5) is 15.8. The van der Waals surface area contributed by atoms with Gasteiger partial charge in [0.05, 0.1) is 0 Å². The second-order valence-electron chi connectivity index (χ2n) is 5.75. The molecule has 1 aromatic carbocycles. The topological polar surface area (TPSA) is 49.6 Å². The van der Waals surface area contributed by atoms with Crippen LogP contribution in [-0.4, -0.2) is 47.9 Å². The summed E-state index contributed by atoms with van der Waals surface area (Å²) in [5.41, 5.74) is 7.38. The molecule has 0 aromatic heterocycles. The number of carbonyl (C=O) groups excluding carboxylic acids is 1. The van der Waals surface area contributed by atoms with Crippen LogP contribution in [0.1, 0.15) is 31.9 Å². The molecule has 1 aromatic rings. The average molecular weight is 310 g/mol. The average Bonchev–Trinajstić information content (AvgIpc) is 2.64. The van der Waals surface area contributed by atoms with Crippen LogP contribution in [0.25, 0.3) is 0 Å². The molecule has 2 unspecified atom stereocenters. The second kappa shape index (κ2) is 7.25. The Hall–Kier alpha value is -1.10. The number of nitrogens with two attached hydrogens (primary N) is 1. The van der Waals surface area contributed by atoms with Crippen LogP contribution in [0.2, 0.25) is 5.02 Å². The van der Waals surface area contributed by atoms with Crippen LogP contribution in [-0.2, 0) is 4.79 Å². The third-order valence-corrected chi connectivity index (χ3v) is 4.29. The molecule has 0 bridgehead atoms. The van der Waals surface area contributed by atoms with Gasteiger partial charge in [0.25, 0.3) is 0 Å². The van der Waals surface area contributed by atoms with Gasteiger partial charge in [-0.3, -0.25) is 9.69 Å². The van der Waals surface area contributed by atoms with Gasteiger partial charge in [0, 0.05) is 50.2 Å². The summed E-state index contributed by atoms with van der Waals surface area (Å²) in [5, 5.41) is 0.735. The molecule has 1 amide bonds. The van der Waals surface area contributed by atoms with E-state index in [1.165, 1.54) is 0 Å². The fraction of sp³-hybridized carbons (Fsp3) is 0.562. The first-order chi connectivity index (χ1) is 9.99. The standard InChI is InChI=1S/C16H24ClN3O/c1-12(18)16(14-5-3-6-15(17)11-14)20-8-4-7-19(9-10-20)13(2)21/h3,5-6,11-12,16H,4,7-10,18H2,1-2H3. The monoisotopic (exact) mass is 309 g/mol. The number of halogens is 1. The van der Waals surface area contributed by atoms with Crippen molar-refractivity contribution in [2.75, 3.05) is 26.2 Å². The molecule has 0 spiro atoms. The van der Waals surface area contributed by atoms with Gasteiger partial charge in [0.15, 0.2) is 0 Å². The van der Waals surface area contributed by atoms with E-state index in [0.717, 1.165) is 43.2 Å². The number of hydrogen-bond acceptors (Lipinski definition) is 3. The molecule has 2 N–H and O–H groups in total. The molecule has 1 saturated heterocycles. The predicted octanol–water partition coefficient (Wildman–Crippen LogP) is 2.28. The van der Waals surface area contributed by atoms with Crippen molar-refractivity contribution in [3.05, 3.63) is 34.9 Å². The zero-order valence-electron chi connectivity index (χ0n) is 12.8. The summed E-state index contributed by atoms with van der Waals surface area (Å²) in [5.74, 6) is 0.150. The lowest BCUT2D eigenvalue weighted by Crippen LogP contribution is -2.41. The maximum Gasteiger partial charge on any atom is 0.219 e. The van der Waals surface area contributed by atoms with Gasteiger partial charge in [-0.2, -0.15) is 0 Å². The van der Waals surface area contributed by atoms with Crippen molar-refractivity contribution in [3.63, 3.8) is 0 Å². The van der Waals surface area contributed by atoms with Crippen LogP contribution >= 0.6 is 11.6 Å². The van der Waals surface area contributed by atoms with Crippen LogP contribution in [0, 0.1) is 0 Å². The van der Waals surface area contributed by atoms with Gasteiger partial charge in [-0.25, -0.2) is 0 Å². The third kappa shape index (κ3) is 4.19. The highest BCUT2D eigenvalue weighted by molar-refractivity contribution is 6.30. The van der Waals surface area contributed by atoms with E-state index < -0.39 is 0 Å². The quantitative estimate of drug-likeness (QED) is 0.932. The number of nitrogens with zero attached hydrogens (tertiary/aromatic N) is 2. The number of hydrogen-bond donors (Lipinski definition) is 1. The minimum Gasteiger partial charge on any atom is -0.342 e. The summed E-state index contributed by atoms with van der Waals surface area (Å²) in [6, 6.07) is 8.05. The normalized spacial score (nSPS) is 19.9. The van der Waals surface area contributed by atoms with Crippen molar-refractivity contribution in [1.82, 2.24) is 9.80 Å². The largest absolute Gasteiger partial charge is 0.342 e. The Balaban J connectivity index is 2.17. The zero-order chi connectivity index (χ0) is 15.4. The number of amides is 1. The second-order valence-corrected chi connectivity index (χ2v) is 6.19. The van der Waals surface area contributed by atoms with Crippen LogP contribution in [0.5, 0.6) is 0 Å². The molecule has 5 heteroatoms. The number of carbonyl (C=O) groups is 1. The lowest BCUT2D eigenvalue weighted by molar-refractivity contribution is -0.128. The van der Waals surface area contributed by atoms with E-state index in [2.05, 4.69) is 11.0 Å². The number of benzene rings is 1. The van der Waals surface area contributed by atoms with Crippen molar-refractivity contribution in [1.29, 1.82) is 0 Å². The molecule has 0 aliphatic carbocycles. The Morgan fingerprint density at radius 1 is 1.29 bits per heavy atom. The van der Waals surface area contributed by atoms with E-state index in [-0.39, 0.29) is 18.0 Å². The van der Waals surface area contributed by atoms with Crippen molar-refractivity contribution in [2.24, 2.45) is 5.73 Å². The molecule has 21 heavy (non-hydrogen) atoms. The summed E-state index contributed by atoms with van der Waals surface area (Å²) in [6.45, 7) is 7.04. The van der Waals surface area contributed by atoms with Gasteiger partial charge < -0.3 is 10.6 Å². The predicted molar refractivity (Wildman–Crippen MR) is 86.3 cm³/mol. The molecule has 116 valence electrons. The minimum atomic E-state index is 0.00680. The van der Waals surface area contributed by atoms with Crippen LogP contribution in [0.4, 0.5) is 0 Å². The highest BCUT2D eigenvalue weighted by atomic mass is 35.5. The first-order valence-corrected chi connectivity index (χ1v) is 7.87. The van der Waals surface area contributed by atoms with Crippen molar-refractivity contribution in [3.8, 4) is 0 Å². The first kappa shape index (κ1) is 16.3. The Morgan fingerprint density at radius 3 is 2.67 bits per heavy atom. The van der Waals surface area contributed by atoms with Gasteiger partial charge >= 0.3 is 0 Å². The van der Waals surface area contributed by atoms with E-state index in [4.69, 9.17) is 17.3 Å². The summed E-state index contributed by atoms with van der Waals surface area (Å²) in [6.07, 6.45) is 0.976. The fourth-order valence-corrected chi connectivity index (χ4v) is 3.27. The molecule has 4 nitrogen and oxygen atoms in total. The van der Waals surface area contributed by atoms with E-state index in [9.17, 15) is 4.79 Å². The molecule has 0 saturated carbocycles. The van der Waals surface area contributed by atoms with Crippen LogP contribution in [0.15, 0.2) is 24.3 Å². The van der Waals surface area contributed by atoms with Crippen LogP contribution < -0.4 is 5.73 Å². The van der Waals surface area contributed by atoms with Gasteiger partial charge in [-0.1, -0.05) is 23.7 Å². The lowest BCUT2D eigenvalue weighted by atomic mass is 9.99. The molecular formula is C16H24ClN3O. The Kier molecular flexibility index (Phi) is 5.62. The van der Waals surface area contributed by atoms with E-state index in [1.807, 2.05) is 30.0 Å². The molecule has 0 radical (unpaired) electrons. The molecule has 1 heterocycles. The van der Waals surface area contributed by atoms with Crippen molar-refractivity contribution >= 4 is 17.5 Å². The van der Waals surface area contributed by atoms with Crippen molar-refractivity contribution in [2.45, 2.75) is 32.4 Å². The molecule has 1 aliphatic rings. The summed E-state index contributed by atoms with van der Waals surface area (Å²) in [7, 11) is 0. The van der Waals surface area contributed by atoms with Gasteiger partial charge in [-0.05, 0) is 31.0 Å². The molecule has 2 atom stereocenters. The van der Waals surface area contributed by atoms with Crippen LogP contribution in [0.3, 0.4) is 0 Å². The summed E-state index contributed by atoms with van der Waals surface area (Å²) < 4.78 is 0. The van der Waals surface area contributed by atoms with Gasteiger partial charge in [0.1, 0.15) is 0 Å². The highest BCUT2D eigenvalue weighted by Crippen LogP contribution is 2.26. The third-order valence-electron chi connectivity index (χ3n) is 4.06. The summed E-state index contributed by atoms with van der Waals surface area (Å²) >= 11 is 6.12.